The van der Waals surface area contributed by atoms with E-state index >= 15 is 0 Å². The zero-order chi connectivity index (χ0) is 18.5. The third-order valence-corrected chi connectivity index (χ3v) is 4.21. The first kappa shape index (κ1) is 16.6. The van der Waals surface area contributed by atoms with Crippen LogP contribution in [0.2, 0.25) is 0 Å². The number of pyridine rings is 1. The minimum absolute atomic E-state index is 0.618. The summed E-state index contributed by atoms with van der Waals surface area (Å²) in [6.45, 7) is 0.722. The number of hydrogen-bond acceptors (Lipinski definition) is 5. The Morgan fingerprint density at radius 1 is 0.963 bits per heavy atom. The maximum Gasteiger partial charge on any atom is 0.167 e. The molecule has 0 fully saturated rings. The molecule has 0 saturated heterocycles. The van der Waals surface area contributed by atoms with Crippen LogP contribution >= 0.6 is 0 Å². The van der Waals surface area contributed by atoms with E-state index in [2.05, 4.69) is 21.5 Å². The van der Waals surface area contributed by atoms with Crippen molar-refractivity contribution in [1.29, 1.82) is 5.26 Å². The lowest BCUT2D eigenvalue weighted by Gasteiger charge is -2.06. The van der Waals surface area contributed by atoms with Gasteiger partial charge in [-0.1, -0.05) is 23.4 Å². The maximum atomic E-state index is 8.88. The molecule has 0 aliphatic rings. The topological polar surface area (TPSA) is 74.7 Å². The predicted molar refractivity (Wildman–Crippen MR) is 104 cm³/mol. The van der Waals surface area contributed by atoms with Crippen molar-refractivity contribution in [3.05, 3.63) is 90.3 Å². The van der Waals surface area contributed by atoms with Crippen LogP contribution in [0.15, 0.2) is 83.6 Å². The summed E-state index contributed by atoms with van der Waals surface area (Å²) in [5.41, 5.74) is 5.41. The van der Waals surface area contributed by atoms with Crippen LogP contribution in [-0.4, -0.2) is 10.1 Å². The Bertz CT molecular complexity index is 1060. The highest BCUT2D eigenvalue weighted by atomic mass is 16.5. The highest BCUT2D eigenvalue weighted by Crippen LogP contribution is 2.27. The van der Waals surface area contributed by atoms with Gasteiger partial charge in [-0.25, -0.2) is 0 Å². The van der Waals surface area contributed by atoms with Crippen molar-refractivity contribution in [2.75, 3.05) is 5.32 Å². The fourth-order valence-corrected chi connectivity index (χ4v) is 2.72. The Hall–Kier alpha value is -3.91. The van der Waals surface area contributed by atoms with Crippen LogP contribution in [0.4, 0.5) is 5.69 Å². The number of nitrogens with one attached hydrogen (secondary N) is 1. The molecule has 130 valence electrons. The van der Waals surface area contributed by atoms with Gasteiger partial charge in [-0.3, -0.25) is 4.98 Å². The van der Waals surface area contributed by atoms with Gasteiger partial charge < -0.3 is 9.84 Å². The molecule has 2 aromatic carbocycles. The lowest BCUT2D eigenvalue weighted by molar-refractivity contribution is 0.435. The van der Waals surface area contributed by atoms with Crippen LogP contribution in [0.25, 0.3) is 22.6 Å². The number of nitrogens with zero attached hydrogens (tertiary/aromatic N) is 3. The molecule has 4 aromatic rings. The summed E-state index contributed by atoms with van der Waals surface area (Å²) in [5, 5.41) is 16.4. The number of hydrogen-bond donors (Lipinski definition) is 1. The van der Waals surface area contributed by atoms with Gasteiger partial charge in [0.15, 0.2) is 5.76 Å². The van der Waals surface area contributed by atoms with Gasteiger partial charge in [0, 0.05) is 41.8 Å². The van der Waals surface area contributed by atoms with Gasteiger partial charge in [-0.2, -0.15) is 5.26 Å². The van der Waals surface area contributed by atoms with E-state index < -0.39 is 0 Å². The first-order chi connectivity index (χ1) is 13.3. The van der Waals surface area contributed by atoms with Gasteiger partial charge in [0.25, 0.3) is 0 Å². The highest BCUT2D eigenvalue weighted by Gasteiger charge is 2.09. The molecule has 2 aromatic heterocycles. The molecule has 0 radical (unpaired) electrons. The van der Waals surface area contributed by atoms with E-state index in [1.54, 1.807) is 18.3 Å². The number of aromatic nitrogens is 2. The smallest absolute Gasteiger partial charge is 0.167 e. The van der Waals surface area contributed by atoms with Gasteiger partial charge in [0.2, 0.25) is 0 Å². The summed E-state index contributed by atoms with van der Waals surface area (Å²) in [4.78, 5) is 4.11. The second kappa shape index (κ2) is 7.54. The van der Waals surface area contributed by atoms with E-state index in [4.69, 9.17) is 9.78 Å². The summed E-state index contributed by atoms with van der Waals surface area (Å²) in [6.07, 6.45) is 3.61. The van der Waals surface area contributed by atoms with Crippen molar-refractivity contribution in [2.24, 2.45) is 0 Å². The summed E-state index contributed by atoms with van der Waals surface area (Å²) >= 11 is 0. The van der Waals surface area contributed by atoms with Gasteiger partial charge in [0.05, 0.1) is 11.6 Å². The molecule has 0 amide bonds. The minimum atomic E-state index is 0.618. The molecular weight excluding hydrogens is 336 g/mol. The SMILES string of the molecule is N#Cc1ccc(-c2cc(-c3ccc(NCc4cccnc4)cc3)no2)cc1. The Kier molecular flexibility index (Phi) is 4.62. The largest absolute Gasteiger partial charge is 0.381 e. The van der Waals surface area contributed by atoms with E-state index in [0.29, 0.717) is 11.3 Å². The van der Waals surface area contributed by atoms with Gasteiger partial charge in [-0.15, -0.1) is 0 Å². The van der Waals surface area contributed by atoms with Gasteiger partial charge in [0.1, 0.15) is 5.69 Å². The van der Waals surface area contributed by atoms with Gasteiger partial charge in [-0.05, 0) is 48.0 Å². The van der Waals surface area contributed by atoms with Crippen molar-refractivity contribution >= 4 is 5.69 Å². The third kappa shape index (κ3) is 3.86. The summed E-state index contributed by atoms with van der Waals surface area (Å²) in [5.74, 6) is 0.674. The zero-order valence-electron chi connectivity index (χ0n) is 14.5. The molecule has 0 aliphatic carbocycles. The molecule has 0 atom stereocenters. The van der Waals surface area contributed by atoms with Crippen LogP contribution in [-0.2, 0) is 6.54 Å². The normalized spacial score (nSPS) is 10.3. The zero-order valence-corrected chi connectivity index (χ0v) is 14.5. The van der Waals surface area contributed by atoms with E-state index in [9.17, 15) is 0 Å². The molecule has 1 N–H and O–H groups in total. The Morgan fingerprint density at radius 3 is 2.44 bits per heavy atom. The molecule has 0 unspecified atom stereocenters. The average Bonchev–Trinajstić information content (AvgIpc) is 3.24. The second-order valence-corrected chi connectivity index (χ2v) is 6.06. The molecule has 27 heavy (non-hydrogen) atoms. The van der Waals surface area contributed by atoms with Gasteiger partial charge >= 0.3 is 0 Å². The van der Waals surface area contributed by atoms with Crippen molar-refractivity contribution in [2.45, 2.75) is 6.54 Å². The molecule has 2 heterocycles. The van der Waals surface area contributed by atoms with Crippen molar-refractivity contribution in [1.82, 2.24) is 10.1 Å². The number of nitriles is 1. The number of anilines is 1. The molecule has 5 heteroatoms. The standard InChI is InChI=1S/C22H16N4O/c23-13-16-3-5-19(6-4-16)22-12-21(26-27-22)18-7-9-20(10-8-18)25-15-17-2-1-11-24-14-17/h1-12,14,25H,15H2. The first-order valence-corrected chi connectivity index (χ1v) is 8.52. The lowest BCUT2D eigenvalue weighted by atomic mass is 10.1. The van der Waals surface area contributed by atoms with Crippen LogP contribution in [0.5, 0.6) is 0 Å². The van der Waals surface area contributed by atoms with Crippen LogP contribution in [0.3, 0.4) is 0 Å². The summed E-state index contributed by atoms with van der Waals surface area (Å²) in [7, 11) is 0. The van der Waals surface area contributed by atoms with Crippen LogP contribution in [0.1, 0.15) is 11.1 Å². The predicted octanol–water partition coefficient (Wildman–Crippen LogP) is 4.89. The fourth-order valence-electron chi connectivity index (χ4n) is 2.72. The third-order valence-electron chi connectivity index (χ3n) is 4.21. The van der Waals surface area contributed by atoms with Crippen molar-refractivity contribution < 1.29 is 4.52 Å². The first-order valence-electron chi connectivity index (χ1n) is 8.52. The molecule has 0 aliphatic heterocycles. The van der Waals surface area contributed by atoms with E-state index in [-0.39, 0.29) is 0 Å². The molecule has 0 saturated carbocycles. The van der Waals surface area contributed by atoms with Crippen molar-refractivity contribution in [3.63, 3.8) is 0 Å². The monoisotopic (exact) mass is 352 g/mol. The highest BCUT2D eigenvalue weighted by molar-refractivity contribution is 5.68. The molecule has 5 nitrogen and oxygen atoms in total. The molecule has 0 bridgehead atoms. The number of benzene rings is 2. The Balaban J connectivity index is 1.46. The second-order valence-electron chi connectivity index (χ2n) is 6.06. The lowest BCUT2D eigenvalue weighted by Crippen LogP contribution is -1.99. The van der Waals surface area contributed by atoms with Crippen molar-refractivity contribution in [3.8, 4) is 28.7 Å². The molecular formula is C22H16N4O. The van der Waals surface area contributed by atoms with Crippen LogP contribution in [0, 0.1) is 11.3 Å². The van der Waals surface area contributed by atoms with Crippen LogP contribution < -0.4 is 5.32 Å². The van der Waals surface area contributed by atoms with E-state index in [1.807, 2.05) is 60.8 Å². The minimum Gasteiger partial charge on any atom is -0.381 e. The van der Waals surface area contributed by atoms with E-state index in [1.165, 1.54) is 0 Å². The maximum absolute atomic E-state index is 8.88. The molecule has 0 spiro atoms. The Labute approximate surface area is 156 Å². The number of rotatable bonds is 5. The van der Waals surface area contributed by atoms with E-state index in [0.717, 1.165) is 34.6 Å². The summed E-state index contributed by atoms with van der Waals surface area (Å²) in [6, 6.07) is 23.3. The summed E-state index contributed by atoms with van der Waals surface area (Å²) < 4.78 is 5.46. The average molecular weight is 352 g/mol. The Morgan fingerprint density at radius 2 is 1.74 bits per heavy atom. The molecule has 4 rings (SSSR count). The quantitative estimate of drug-likeness (QED) is 0.553. The fraction of sp³-hybridized carbons (Fsp3) is 0.0455.